The molecular formula is C29H31N2O4P. The minimum atomic E-state index is -3.33. The van der Waals surface area contributed by atoms with Gasteiger partial charge in [0.25, 0.3) is 5.91 Å². The molecule has 1 saturated heterocycles. The van der Waals surface area contributed by atoms with E-state index in [1.54, 1.807) is 24.3 Å². The van der Waals surface area contributed by atoms with Crippen LogP contribution >= 0.6 is 7.14 Å². The molecule has 1 aliphatic carbocycles. The largest absolute Gasteiger partial charge is 0.455 e. The van der Waals surface area contributed by atoms with E-state index >= 15 is 0 Å². The average molecular weight is 503 g/mol. The van der Waals surface area contributed by atoms with Gasteiger partial charge in [0.2, 0.25) is 0 Å². The van der Waals surface area contributed by atoms with Crippen molar-refractivity contribution in [3.63, 3.8) is 0 Å². The molecule has 3 aromatic carbocycles. The van der Waals surface area contributed by atoms with Crippen molar-refractivity contribution in [2.45, 2.75) is 37.3 Å². The van der Waals surface area contributed by atoms with Crippen molar-refractivity contribution < 1.29 is 18.9 Å². The highest BCUT2D eigenvalue weighted by molar-refractivity contribution is 7.81. The fourth-order valence-electron chi connectivity index (χ4n) is 5.06. The average Bonchev–Trinajstić information content (AvgIpc) is 3.76. The van der Waals surface area contributed by atoms with Gasteiger partial charge in [-0.3, -0.25) is 9.59 Å². The zero-order valence-electron chi connectivity index (χ0n) is 20.3. The fraction of sp³-hybridized carbons (Fsp3) is 0.310. The Morgan fingerprint density at radius 2 is 1.36 bits per heavy atom. The Morgan fingerprint density at radius 1 is 0.806 bits per heavy atom. The van der Waals surface area contributed by atoms with Gasteiger partial charge in [-0.2, -0.15) is 0 Å². The molecule has 0 atom stereocenters. The molecule has 0 spiro atoms. The first-order valence-electron chi connectivity index (χ1n) is 12.6. The first kappa shape index (κ1) is 24.3. The molecule has 3 aromatic rings. The molecule has 0 aromatic heterocycles. The van der Waals surface area contributed by atoms with Gasteiger partial charge in [0.05, 0.1) is 0 Å². The lowest BCUT2D eigenvalue weighted by Crippen LogP contribution is -2.36. The number of anilines is 2. The summed E-state index contributed by atoms with van der Waals surface area (Å²) >= 11 is 0. The van der Waals surface area contributed by atoms with Crippen molar-refractivity contribution in [1.29, 1.82) is 0 Å². The van der Waals surface area contributed by atoms with Gasteiger partial charge in [-0.1, -0.05) is 60.7 Å². The van der Waals surface area contributed by atoms with Crippen LogP contribution in [0.25, 0.3) is 0 Å². The summed E-state index contributed by atoms with van der Waals surface area (Å²) < 4.78 is 20.1. The minimum absolute atomic E-state index is 0.417. The fourth-order valence-corrected chi connectivity index (χ4v) is 8.59. The van der Waals surface area contributed by atoms with Gasteiger partial charge in [0.15, 0.2) is 13.7 Å². The van der Waals surface area contributed by atoms with Crippen LogP contribution in [0, 0.1) is 0 Å². The van der Waals surface area contributed by atoms with Crippen molar-refractivity contribution in [3.05, 3.63) is 84.9 Å². The molecule has 0 radical (unpaired) electrons. The van der Waals surface area contributed by atoms with Gasteiger partial charge in [-0.05, 0) is 56.4 Å². The van der Waals surface area contributed by atoms with Gasteiger partial charge in [-0.15, -0.1) is 0 Å². The van der Waals surface area contributed by atoms with Crippen LogP contribution in [0.15, 0.2) is 84.9 Å². The predicted molar refractivity (Wildman–Crippen MR) is 144 cm³/mol. The van der Waals surface area contributed by atoms with Crippen molar-refractivity contribution in [3.8, 4) is 0 Å². The molecule has 186 valence electrons. The molecule has 36 heavy (non-hydrogen) atoms. The number of carbonyl (C=O) groups excluding carboxylic acids is 2. The first-order valence-corrected chi connectivity index (χ1v) is 14.3. The Kier molecular flexibility index (Phi) is 6.97. The quantitative estimate of drug-likeness (QED) is 0.357. The number of hydrogen-bond acceptors (Lipinski definition) is 5. The number of esters is 1. The van der Waals surface area contributed by atoms with Crippen molar-refractivity contribution in [1.82, 2.24) is 0 Å². The maximum atomic E-state index is 14.6. The van der Waals surface area contributed by atoms with Gasteiger partial charge >= 0.3 is 5.97 Å². The van der Waals surface area contributed by atoms with Crippen LogP contribution in [0.5, 0.6) is 0 Å². The van der Waals surface area contributed by atoms with Crippen LogP contribution in [0.3, 0.4) is 0 Å². The van der Waals surface area contributed by atoms with E-state index in [9.17, 15) is 14.2 Å². The molecule has 1 heterocycles. The summed E-state index contributed by atoms with van der Waals surface area (Å²) in [5.41, 5.74) is 1.80. The molecule has 1 N–H and O–H groups in total. The number of piperidine rings is 1. The lowest BCUT2D eigenvalue weighted by molar-refractivity contribution is -0.147. The molecule has 6 nitrogen and oxygen atoms in total. The number of benzene rings is 3. The molecule has 2 fully saturated rings. The molecular weight excluding hydrogens is 471 g/mol. The lowest BCUT2D eigenvalue weighted by Gasteiger charge is -2.28. The van der Waals surface area contributed by atoms with E-state index in [0.29, 0.717) is 29.1 Å². The van der Waals surface area contributed by atoms with Crippen LogP contribution in [-0.2, 0) is 18.9 Å². The highest BCUT2D eigenvalue weighted by atomic mass is 31.2. The Hall–Kier alpha value is -3.37. The van der Waals surface area contributed by atoms with E-state index in [2.05, 4.69) is 10.2 Å². The second kappa shape index (κ2) is 10.3. The van der Waals surface area contributed by atoms with Crippen LogP contribution in [0.1, 0.15) is 32.1 Å². The van der Waals surface area contributed by atoms with E-state index in [1.165, 1.54) is 19.3 Å². The second-order valence-corrected chi connectivity index (χ2v) is 12.6. The first-order chi connectivity index (χ1) is 17.5. The summed E-state index contributed by atoms with van der Waals surface area (Å²) in [5.74, 6) is -0.992. The van der Waals surface area contributed by atoms with Gasteiger partial charge < -0.3 is 19.5 Å². The van der Waals surface area contributed by atoms with Crippen molar-refractivity contribution in [2.24, 2.45) is 0 Å². The van der Waals surface area contributed by atoms with Gasteiger partial charge in [-0.25, -0.2) is 0 Å². The Balaban J connectivity index is 1.26. The van der Waals surface area contributed by atoms with E-state index in [0.717, 1.165) is 18.8 Å². The third-order valence-electron chi connectivity index (χ3n) is 7.15. The smallest absolute Gasteiger partial charge is 0.320 e. The monoisotopic (exact) mass is 502 g/mol. The second-order valence-electron chi connectivity index (χ2n) is 9.53. The third kappa shape index (κ3) is 4.70. The highest BCUT2D eigenvalue weighted by Crippen LogP contribution is 2.68. The van der Waals surface area contributed by atoms with Crippen molar-refractivity contribution in [2.75, 3.05) is 29.9 Å². The van der Waals surface area contributed by atoms with Crippen LogP contribution in [0.2, 0.25) is 0 Å². The summed E-state index contributed by atoms with van der Waals surface area (Å²) in [4.78, 5) is 28.2. The molecule has 0 unspecified atom stereocenters. The van der Waals surface area contributed by atoms with E-state index in [4.69, 9.17) is 4.74 Å². The summed E-state index contributed by atoms with van der Waals surface area (Å²) in [6, 6.07) is 26.0. The molecule has 1 aliphatic heterocycles. The number of nitrogens with zero attached hydrogens (tertiary/aromatic N) is 1. The SMILES string of the molecule is O=C(COC(=O)C1(P(=O)(c2ccccc2)c2ccccc2)CC1)Nc1ccc(N2CCCCC2)cc1. The number of amides is 1. The lowest BCUT2D eigenvalue weighted by atomic mass is 10.1. The van der Waals surface area contributed by atoms with E-state index in [1.807, 2.05) is 60.7 Å². The van der Waals surface area contributed by atoms with Gasteiger partial charge in [0, 0.05) is 35.1 Å². The summed E-state index contributed by atoms with van der Waals surface area (Å²) in [6.45, 7) is 1.69. The molecule has 0 bridgehead atoms. The number of nitrogens with one attached hydrogen (secondary N) is 1. The summed E-state index contributed by atoms with van der Waals surface area (Å²) in [5, 5.41) is 2.92. The molecule has 7 heteroatoms. The summed E-state index contributed by atoms with van der Waals surface area (Å²) in [7, 11) is -3.33. The highest BCUT2D eigenvalue weighted by Gasteiger charge is 2.65. The predicted octanol–water partition coefficient (Wildman–Crippen LogP) is 4.71. The van der Waals surface area contributed by atoms with E-state index in [-0.39, 0.29) is 0 Å². The minimum Gasteiger partial charge on any atom is -0.455 e. The Labute approximate surface area is 212 Å². The molecule has 2 aliphatic rings. The number of hydrogen-bond donors (Lipinski definition) is 1. The maximum Gasteiger partial charge on any atom is 0.320 e. The van der Waals surface area contributed by atoms with Crippen LogP contribution < -0.4 is 20.8 Å². The van der Waals surface area contributed by atoms with Crippen LogP contribution in [0.4, 0.5) is 11.4 Å². The molecule has 1 amide bonds. The standard InChI is InChI=1S/C29H31N2O4P/c32-27(30-23-14-16-24(17-15-23)31-20-8-3-9-21-31)22-35-28(33)29(18-19-29)36(34,25-10-4-1-5-11-25)26-12-6-2-7-13-26/h1-2,4-7,10-17H,3,8-9,18-22H2,(H,30,32). The molecule has 5 rings (SSSR count). The molecule has 1 saturated carbocycles. The number of rotatable bonds is 8. The Morgan fingerprint density at radius 3 is 1.89 bits per heavy atom. The topological polar surface area (TPSA) is 75.7 Å². The van der Waals surface area contributed by atoms with Crippen molar-refractivity contribution >= 4 is 41.0 Å². The third-order valence-corrected chi connectivity index (χ3v) is 11.0. The zero-order valence-corrected chi connectivity index (χ0v) is 21.2. The number of ether oxygens (including phenoxy) is 1. The van der Waals surface area contributed by atoms with Crippen LogP contribution in [-0.4, -0.2) is 36.7 Å². The maximum absolute atomic E-state index is 14.6. The normalized spacial score (nSPS) is 16.7. The number of carbonyl (C=O) groups is 2. The Bertz CT molecular complexity index is 1210. The van der Waals surface area contributed by atoms with E-state index < -0.39 is 30.8 Å². The van der Waals surface area contributed by atoms with Gasteiger partial charge in [0.1, 0.15) is 5.16 Å². The summed E-state index contributed by atoms with van der Waals surface area (Å²) in [6.07, 6.45) is 4.61. The zero-order chi connectivity index (χ0) is 25.0.